The first-order chi connectivity index (χ1) is 8.97. The summed E-state index contributed by atoms with van der Waals surface area (Å²) in [6.45, 7) is 0. The van der Waals surface area contributed by atoms with Gasteiger partial charge in [-0.15, -0.1) is 0 Å². The third-order valence-corrected chi connectivity index (χ3v) is 5.51. The molecule has 0 saturated heterocycles. The molecule has 0 aliphatic heterocycles. The molecule has 2 nitrogen and oxygen atoms in total. The second kappa shape index (κ2) is 6.56. The normalized spacial score (nSPS) is 10.3. The van der Waals surface area contributed by atoms with Crippen molar-refractivity contribution in [3.05, 3.63) is 59.5 Å². The van der Waals surface area contributed by atoms with Crippen molar-refractivity contribution in [2.75, 3.05) is 5.32 Å². The predicted octanol–water partition coefficient (Wildman–Crippen LogP) is 5.72. The number of benzene rings is 2. The summed E-state index contributed by atoms with van der Waals surface area (Å²) in [6, 6.07) is 10.8. The highest BCUT2D eigenvalue weighted by Gasteiger charge is 2.11. The van der Waals surface area contributed by atoms with Crippen LogP contribution in [0.2, 0.25) is 5.02 Å². The topological polar surface area (TPSA) is 29.1 Å². The SMILES string of the molecule is O=C(Nc1ccc(I)c(Br)c1)c1cc(Br)ccc1Cl. The molecule has 0 aliphatic carbocycles. The first kappa shape index (κ1) is 15.3. The molecule has 1 N–H and O–H groups in total. The van der Waals surface area contributed by atoms with Gasteiger partial charge in [0, 0.05) is 18.2 Å². The van der Waals surface area contributed by atoms with E-state index < -0.39 is 0 Å². The highest BCUT2D eigenvalue weighted by Crippen LogP contribution is 2.25. The fourth-order valence-electron chi connectivity index (χ4n) is 1.44. The summed E-state index contributed by atoms with van der Waals surface area (Å²) in [6.07, 6.45) is 0. The van der Waals surface area contributed by atoms with E-state index in [0.717, 1.165) is 12.5 Å². The Hall–Kier alpha value is -0.110. The zero-order valence-corrected chi connectivity index (χ0v) is 15.5. The number of anilines is 1. The van der Waals surface area contributed by atoms with Crippen LogP contribution in [0.5, 0.6) is 0 Å². The summed E-state index contributed by atoms with van der Waals surface area (Å²) in [7, 11) is 0. The minimum absolute atomic E-state index is 0.237. The third-order valence-electron chi connectivity index (χ3n) is 2.35. The van der Waals surface area contributed by atoms with Gasteiger partial charge in [0.2, 0.25) is 0 Å². The molecule has 98 valence electrons. The molecule has 0 saturated carbocycles. The number of halogens is 4. The monoisotopic (exact) mass is 513 g/mol. The maximum Gasteiger partial charge on any atom is 0.257 e. The number of hydrogen-bond donors (Lipinski definition) is 1. The fourth-order valence-corrected chi connectivity index (χ4v) is 2.72. The molecule has 0 aromatic heterocycles. The van der Waals surface area contributed by atoms with Crippen LogP contribution >= 0.6 is 66.1 Å². The molecule has 0 spiro atoms. The van der Waals surface area contributed by atoms with Crippen LogP contribution in [0.4, 0.5) is 5.69 Å². The van der Waals surface area contributed by atoms with Crippen LogP contribution in [-0.4, -0.2) is 5.91 Å². The molecule has 0 fully saturated rings. The predicted molar refractivity (Wildman–Crippen MR) is 94.0 cm³/mol. The van der Waals surface area contributed by atoms with Crippen molar-refractivity contribution >= 4 is 77.6 Å². The zero-order valence-electron chi connectivity index (χ0n) is 9.38. The van der Waals surface area contributed by atoms with Gasteiger partial charge in [-0.05, 0) is 74.9 Å². The second-order valence-electron chi connectivity index (χ2n) is 3.71. The van der Waals surface area contributed by atoms with E-state index in [1.807, 2.05) is 18.2 Å². The molecule has 0 bridgehead atoms. The highest BCUT2D eigenvalue weighted by atomic mass is 127. The van der Waals surface area contributed by atoms with Gasteiger partial charge in [0.1, 0.15) is 0 Å². The molecule has 6 heteroatoms. The van der Waals surface area contributed by atoms with Crippen LogP contribution in [0, 0.1) is 3.57 Å². The van der Waals surface area contributed by atoms with Gasteiger partial charge in [-0.1, -0.05) is 27.5 Å². The smallest absolute Gasteiger partial charge is 0.257 e. The quantitative estimate of drug-likeness (QED) is 0.510. The van der Waals surface area contributed by atoms with E-state index in [0.29, 0.717) is 16.3 Å². The van der Waals surface area contributed by atoms with Crippen LogP contribution in [0.1, 0.15) is 10.4 Å². The molecule has 0 aliphatic rings. The first-order valence-corrected chi connectivity index (χ1v) is 8.23. The fraction of sp³-hybridized carbons (Fsp3) is 0. The Balaban J connectivity index is 2.25. The van der Waals surface area contributed by atoms with Crippen molar-refractivity contribution in [2.24, 2.45) is 0 Å². The molecule has 19 heavy (non-hydrogen) atoms. The maximum absolute atomic E-state index is 12.1. The molecule has 0 atom stereocenters. The molecule has 2 rings (SSSR count). The van der Waals surface area contributed by atoms with E-state index in [4.69, 9.17) is 11.6 Å². The van der Waals surface area contributed by atoms with Gasteiger partial charge in [-0.3, -0.25) is 4.79 Å². The van der Waals surface area contributed by atoms with E-state index in [9.17, 15) is 4.79 Å². The van der Waals surface area contributed by atoms with Crippen LogP contribution in [0.25, 0.3) is 0 Å². The second-order valence-corrected chi connectivity index (χ2v) is 7.05. The molecule has 2 aromatic rings. The molecule has 1 amide bonds. The standard InChI is InChI=1S/C13H7Br2ClINO/c14-7-1-3-11(16)9(5-7)13(19)18-8-2-4-12(17)10(15)6-8/h1-6H,(H,18,19). The number of amides is 1. The Labute approximate surface area is 146 Å². The molecule has 0 unspecified atom stereocenters. The minimum Gasteiger partial charge on any atom is -0.322 e. The van der Waals surface area contributed by atoms with Crippen LogP contribution in [-0.2, 0) is 0 Å². The van der Waals surface area contributed by atoms with Crippen molar-refractivity contribution < 1.29 is 4.79 Å². The van der Waals surface area contributed by atoms with Crippen LogP contribution in [0.15, 0.2) is 45.3 Å². The van der Waals surface area contributed by atoms with Gasteiger partial charge in [-0.2, -0.15) is 0 Å². The maximum atomic E-state index is 12.1. The Bertz CT molecular complexity index is 649. The number of nitrogens with one attached hydrogen (secondary N) is 1. The summed E-state index contributed by atoms with van der Waals surface area (Å²) in [5.41, 5.74) is 1.15. The molecule has 0 radical (unpaired) electrons. The number of carbonyl (C=O) groups is 1. The Kier molecular flexibility index (Phi) is 5.28. The summed E-state index contributed by atoms with van der Waals surface area (Å²) in [4.78, 5) is 12.1. The van der Waals surface area contributed by atoms with E-state index in [1.54, 1.807) is 18.2 Å². The third kappa shape index (κ3) is 3.93. The molecular weight excluding hydrogens is 508 g/mol. The summed E-state index contributed by atoms with van der Waals surface area (Å²) in [5.74, 6) is -0.237. The van der Waals surface area contributed by atoms with E-state index in [2.05, 4.69) is 59.8 Å². The molecule has 0 heterocycles. The lowest BCUT2D eigenvalue weighted by Gasteiger charge is -2.08. The summed E-state index contributed by atoms with van der Waals surface area (Å²) >= 11 is 15.0. The molecule has 2 aromatic carbocycles. The largest absolute Gasteiger partial charge is 0.322 e. The summed E-state index contributed by atoms with van der Waals surface area (Å²) in [5, 5.41) is 3.24. The zero-order chi connectivity index (χ0) is 14.0. The van der Waals surface area contributed by atoms with Gasteiger partial charge >= 0.3 is 0 Å². The van der Waals surface area contributed by atoms with E-state index in [1.165, 1.54) is 0 Å². The number of hydrogen-bond acceptors (Lipinski definition) is 1. The average Bonchev–Trinajstić information content (AvgIpc) is 2.36. The lowest BCUT2D eigenvalue weighted by molar-refractivity contribution is 0.102. The summed E-state index contributed by atoms with van der Waals surface area (Å²) < 4.78 is 2.83. The van der Waals surface area contributed by atoms with Crippen molar-refractivity contribution in [3.63, 3.8) is 0 Å². The Morgan fingerprint density at radius 3 is 2.58 bits per heavy atom. The van der Waals surface area contributed by atoms with Gasteiger partial charge < -0.3 is 5.32 Å². The van der Waals surface area contributed by atoms with Crippen molar-refractivity contribution in [1.82, 2.24) is 0 Å². The Morgan fingerprint density at radius 2 is 1.89 bits per heavy atom. The van der Waals surface area contributed by atoms with Crippen molar-refractivity contribution in [1.29, 1.82) is 0 Å². The highest BCUT2D eigenvalue weighted by molar-refractivity contribution is 14.1. The van der Waals surface area contributed by atoms with Gasteiger partial charge in [0.25, 0.3) is 5.91 Å². The Morgan fingerprint density at radius 1 is 1.16 bits per heavy atom. The molecular formula is C13H7Br2ClINO. The van der Waals surface area contributed by atoms with Crippen molar-refractivity contribution in [3.8, 4) is 0 Å². The van der Waals surface area contributed by atoms with Crippen LogP contribution in [0.3, 0.4) is 0 Å². The van der Waals surface area contributed by atoms with Crippen LogP contribution < -0.4 is 5.32 Å². The van der Waals surface area contributed by atoms with Crippen molar-refractivity contribution in [2.45, 2.75) is 0 Å². The lowest BCUT2D eigenvalue weighted by atomic mass is 10.2. The lowest BCUT2D eigenvalue weighted by Crippen LogP contribution is -2.12. The van der Waals surface area contributed by atoms with E-state index >= 15 is 0 Å². The van der Waals surface area contributed by atoms with Gasteiger partial charge in [0.15, 0.2) is 0 Å². The first-order valence-electron chi connectivity index (χ1n) is 5.19. The number of carbonyl (C=O) groups excluding carboxylic acids is 1. The minimum atomic E-state index is -0.237. The van der Waals surface area contributed by atoms with Gasteiger partial charge in [-0.25, -0.2) is 0 Å². The van der Waals surface area contributed by atoms with E-state index in [-0.39, 0.29) is 5.91 Å². The number of rotatable bonds is 2. The average molecular weight is 515 g/mol. The van der Waals surface area contributed by atoms with Gasteiger partial charge in [0.05, 0.1) is 10.6 Å².